The van der Waals surface area contributed by atoms with Crippen LogP contribution in [0.4, 0.5) is 5.69 Å². The molecular weight excluding hydrogens is 370 g/mol. The molecule has 0 fully saturated rings. The third-order valence-electron chi connectivity index (χ3n) is 4.12. The average molecular weight is 391 g/mol. The van der Waals surface area contributed by atoms with Crippen molar-refractivity contribution in [1.82, 2.24) is 9.97 Å². The number of aryl methyl sites for hydroxylation is 1. The zero-order valence-corrected chi connectivity index (χ0v) is 16.4. The highest BCUT2D eigenvalue weighted by molar-refractivity contribution is 6.02. The first-order valence-corrected chi connectivity index (χ1v) is 8.88. The highest BCUT2D eigenvalue weighted by atomic mass is 16.5. The average Bonchev–Trinajstić information content (AvgIpc) is 2.71. The van der Waals surface area contributed by atoms with Gasteiger partial charge in [0, 0.05) is 34.7 Å². The van der Waals surface area contributed by atoms with Crippen molar-refractivity contribution >= 4 is 17.7 Å². The Morgan fingerprint density at radius 3 is 2.66 bits per heavy atom. The van der Waals surface area contributed by atoms with Crippen LogP contribution in [0.25, 0.3) is 17.5 Å². The number of carbonyl (C=O) groups excluding carboxylic acids is 1. The van der Waals surface area contributed by atoms with E-state index in [0.29, 0.717) is 34.3 Å². The van der Waals surface area contributed by atoms with Crippen molar-refractivity contribution in [3.8, 4) is 22.9 Å². The van der Waals surface area contributed by atoms with E-state index in [0.717, 1.165) is 5.56 Å². The number of benzene rings is 2. The second-order valence-corrected chi connectivity index (χ2v) is 6.25. The molecule has 7 nitrogen and oxygen atoms in total. The second kappa shape index (κ2) is 8.88. The lowest BCUT2D eigenvalue weighted by Gasteiger charge is -2.08. The number of H-pyrrole nitrogens is 1. The van der Waals surface area contributed by atoms with Crippen molar-refractivity contribution in [2.24, 2.45) is 0 Å². The molecule has 0 aliphatic heterocycles. The minimum Gasteiger partial charge on any atom is -0.497 e. The summed E-state index contributed by atoms with van der Waals surface area (Å²) in [5.74, 6) is 1.44. The molecule has 1 heterocycles. The second-order valence-electron chi connectivity index (χ2n) is 6.25. The van der Waals surface area contributed by atoms with Crippen LogP contribution >= 0.6 is 0 Å². The number of carbonyl (C=O) groups is 1. The Morgan fingerprint density at radius 1 is 1.10 bits per heavy atom. The molecule has 0 saturated heterocycles. The number of hydrogen-bond donors (Lipinski definition) is 2. The number of ether oxygens (including phenoxy) is 2. The van der Waals surface area contributed by atoms with E-state index in [1.807, 2.05) is 6.07 Å². The van der Waals surface area contributed by atoms with Crippen LogP contribution in [-0.2, 0) is 4.79 Å². The number of nitrogens with zero attached hydrogens (tertiary/aromatic N) is 1. The Labute approximate surface area is 168 Å². The number of aromatic nitrogens is 2. The summed E-state index contributed by atoms with van der Waals surface area (Å²) in [7, 11) is 3.14. The summed E-state index contributed by atoms with van der Waals surface area (Å²) in [6.45, 7) is 1.75. The lowest BCUT2D eigenvalue weighted by atomic mass is 10.1. The van der Waals surface area contributed by atoms with Crippen molar-refractivity contribution < 1.29 is 14.3 Å². The molecule has 1 aromatic heterocycles. The Hall–Kier alpha value is -3.87. The minimum atomic E-state index is -0.308. The molecule has 7 heteroatoms. The van der Waals surface area contributed by atoms with Crippen LogP contribution in [0.2, 0.25) is 0 Å². The standard InChI is InChI=1S/C22H21N3O4/c1-14-11-21(27)25-22(23-14)16-5-4-6-17(12-16)24-20(26)10-7-15-13-18(28-2)8-9-19(15)29-3/h4-13H,1-3H3,(H,24,26)(H,23,25,27). The van der Waals surface area contributed by atoms with Crippen LogP contribution in [0.5, 0.6) is 11.5 Å². The fraction of sp³-hybridized carbons (Fsp3) is 0.136. The number of aromatic amines is 1. The molecule has 0 bridgehead atoms. The molecule has 0 atom stereocenters. The Kier molecular flexibility index (Phi) is 6.09. The maximum atomic E-state index is 12.4. The van der Waals surface area contributed by atoms with Gasteiger partial charge in [-0.3, -0.25) is 9.59 Å². The fourth-order valence-corrected chi connectivity index (χ4v) is 2.78. The summed E-state index contributed by atoms with van der Waals surface area (Å²) in [6.07, 6.45) is 3.07. The summed E-state index contributed by atoms with van der Waals surface area (Å²) in [4.78, 5) is 31.0. The molecule has 2 N–H and O–H groups in total. The first-order chi connectivity index (χ1) is 14.0. The van der Waals surface area contributed by atoms with Crippen LogP contribution in [0.3, 0.4) is 0 Å². The van der Waals surface area contributed by atoms with Gasteiger partial charge in [-0.05, 0) is 43.3 Å². The predicted molar refractivity (Wildman–Crippen MR) is 112 cm³/mol. The maximum absolute atomic E-state index is 12.4. The molecule has 0 unspecified atom stereocenters. The van der Waals surface area contributed by atoms with Crippen LogP contribution in [0, 0.1) is 6.92 Å². The third-order valence-corrected chi connectivity index (χ3v) is 4.12. The molecule has 0 aliphatic carbocycles. The first-order valence-electron chi connectivity index (χ1n) is 8.88. The third kappa shape index (κ3) is 5.10. The monoisotopic (exact) mass is 391 g/mol. The maximum Gasteiger partial charge on any atom is 0.251 e. The van der Waals surface area contributed by atoms with Gasteiger partial charge in [-0.1, -0.05) is 12.1 Å². The van der Waals surface area contributed by atoms with E-state index >= 15 is 0 Å². The van der Waals surface area contributed by atoms with E-state index in [-0.39, 0.29) is 11.5 Å². The Morgan fingerprint density at radius 2 is 1.93 bits per heavy atom. The first kappa shape index (κ1) is 19.9. The topological polar surface area (TPSA) is 93.3 Å². The Balaban J connectivity index is 1.78. The molecular formula is C22H21N3O4. The number of hydrogen-bond acceptors (Lipinski definition) is 5. The van der Waals surface area contributed by atoms with Crippen molar-refractivity contribution in [2.75, 3.05) is 19.5 Å². The number of rotatable bonds is 6. The normalized spacial score (nSPS) is 10.7. The van der Waals surface area contributed by atoms with E-state index < -0.39 is 0 Å². The smallest absolute Gasteiger partial charge is 0.251 e. The van der Waals surface area contributed by atoms with E-state index in [9.17, 15) is 9.59 Å². The van der Waals surface area contributed by atoms with E-state index in [1.54, 1.807) is 63.6 Å². The van der Waals surface area contributed by atoms with Crippen molar-refractivity contribution in [1.29, 1.82) is 0 Å². The van der Waals surface area contributed by atoms with Gasteiger partial charge in [0.15, 0.2) is 0 Å². The quantitative estimate of drug-likeness (QED) is 0.628. The Bertz CT molecular complexity index is 1120. The van der Waals surface area contributed by atoms with Crippen molar-refractivity contribution in [2.45, 2.75) is 6.92 Å². The van der Waals surface area contributed by atoms with Gasteiger partial charge in [-0.15, -0.1) is 0 Å². The molecule has 3 aromatic rings. The fourth-order valence-electron chi connectivity index (χ4n) is 2.78. The summed E-state index contributed by atoms with van der Waals surface area (Å²) < 4.78 is 10.5. The van der Waals surface area contributed by atoms with Gasteiger partial charge in [0.25, 0.3) is 5.56 Å². The highest BCUT2D eigenvalue weighted by Gasteiger charge is 2.06. The molecule has 0 spiro atoms. The SMILES string of the molecule is COc1ccc(OC)c(C=CC(=O)Nc2cccc(-c3nc(C)cc(=O)[nH]3)c2)c1. The molecule has 3 rings (SSSR count). The molecule has 0 saturated carbocycles. The van der Waals surface area contributed by atoms with Crippen LogP contribution < -0.4 is 20.3 Å². The van der Waals surface area contributed by atoms with E-state index in [4.69, 9.17) is 9.47 Å². The number of methoxy groups -OCH3 is 2. The summed E-state index contributed by atoms with van der Waals surface area (Å²) >= 11 is 0. The van der Waals surface area contributed by atoms with Gasteiger partial charge in [0.1, 0.15) is 17.3 Å². The number of nitrogens with one attached hydrogen (secondary N) is 2. The zero-order valence-electron chi connectivity index (χ0n) is 16.4. The summed E-state index contributed by atoms with van der Waals surface area (Å²) in [5.41, 5.74) is 2.39. The van der Waals surface area contributed by atoms with Gasteiger partial charge in [0.2, 0.25) is 5.91 Å². The van der Waals surface area contributed by atoms with Gasteiger partial charge in [-0.2, -0.15) is 0 Å². The zero-order chi connectivity index (χ0) is 20.8. The highest BCUT2D eigenvalue weighted by Crippen LogP contribution is 2.25. The van der Waals surface area contributed by atoms with Crippen LogP contribution in [0.15, 0.2) is 59.4 Å². The minimum absolute atomic E-state index is 0.225. The van der Waals surface area contributed by atoms with Gasteiger partial charge < -0.3 is 19.8 Å². The molecule has 29 heavy (non-hydrogen) atoms. The predicted octanol–water partition coefficient (Wildman–Crippen LogP) is 3.41. The van der Waals surface area contributed by atoms with Crippen LogP contribution in [-0.4, -0.2) is 30.1 Å². The van der Waals surface area contributed by atoms with Crippen LogP contribution in [0.1, 0.15) is 11.3 Å². The summed E-state index contributed by atoms with van der Waals surface area (Å²) in [6, 6.07) is 13.9. The lowest BCUT2D eigenvalue weighted by molar-refractivity contribution is -0.111. The van der Waals surface area contributed by atoms with E-state index in [1.165, 1.54) is 12.1 Å². The molecule has 2 aromatic carbocycles. The molecule has 0 radical (unpaired) electrons. The van der Waals surface area contributed by atoms with Crippen molar-refractivity contribution in [3.63, 3.8) is 0 Å². The van der Waals surface area contributed by atoms with Gasteiger partial charge in [0.05, 0.1) is 14.2 Å². The van der Waals surface area contributed by atoms with Crippen molar-refractivity contribution in [3.05, 3.63) is 76.2 Å². The molecule has 0 aliphatic rings. The van der Waals surface area contributed by atoms with Gasteiger partial charge in [-0.25, -0.2) is 4.98 Å². The lowest BCUT2D eigenvalue weighted by Crippen LogP contribution is -2.10. The molecule has 1 amide bonds. The number of amides is 1. The largest absolute Gasteiger partial charge is 0.497 e. The molecule has 148 valence electrons. The van der Waals surface area contributed by atoms with E-state index in [2.05, 4.69) is 15.3 Å². The number of anilines is 1. The summed E-state index contributed by atoms with van der Waals surface area (Å²) in [5, 5.41) is 2.80. The van der Waals surface area contributed by atoms with Gasteiger partial charge >= 0.3 is 0 Å².